The van der Waals surface area contributed by atoms with Gasteiger partial charge in [0.05, 0.1) is 12.5 Å². The minimum atomic E-state index is -0.380. The van der Waals surface area contributed by atoms with Gasteiger partial charge in [0.2, 0.25) is 11.8 Å². The summed E-state index contributed by atoms with van der Waals surface area (Å²) in [5.74, 6) is -1.12. The molecule has 1 aliphatic heterocycles. The van der Waals surface area contributed by atoms with Crippen molar-refractivity contribution in [3.63, 3.8) is 0 Å². The van der Waals surface area contributed by atoms with E-state index in [9.17, 15) is 14.4 Å². The molecule has 3 amide bonds. The van der Waals surface area contributed by atoms with Gasteiger partial charge >= 0.3 is 0 Å². The van der Waals surface area contributed by atoms with Gasteiger partial charge in [-0.3, -0.25) is 14.4 Å². The number of carbonyl (C=O) groups is 3. The first kappa shape index (κ1) is 17.1. The van der Waals surface area contributed by atoms with Crippen LogP contribution in [0.2, 0.25) is 0 Å². The number of rotatable bonds is 5. The molecule has 7 nitrogen and oxygen atoms in total. The maximum Gasteiger partial charge on any atom is 0.267 e. The van der Waals surface area contributed by atoms with E-state index in [0.717, 1.165) is 18.4 Å². The van der Waals surface area contributed by atoms with Gasteiger partial charge < -0.3 is 11.1 Å². The zero-order valence-electron chi connectivity index (χ0n) is 14.0. The number of benzene rings is 1. The lowest BCUT2D eigenvalue weighted by atomic mass is 10.0. The van der Waals surface area contributed by atoms with Crippen molar-refractivity contribution in [1.29, 1.82) is 0 Å². The predicted molar refractivity (Wildman–Crippen MR) is 92.1 cm³/mol. The highest BCUT2D eigenvalue weighted by Gasteiger charge is 2.34. The van der Waals surface area contributed by atoms with Gasteiger partial charge in [-0.05, 0) is 18.4 Å². The lowest BCUT2D eigenvalue weighted by Crippen LogP contribution is -2.46. The van der Waals surface area contributed by atoms with E-state index >= 15 is 0 Å². The van der Waals surface area contributed by atoms with Crippen molar-refractivity contribution >= 4 is 23.4 Å². The van der Waals surface area contributed by atoms with Gasteiger partial charge in [-0.1, -0.05) is 36.8 Å². The van der Waals surface area contributed by atoms with Crippen molar-refractivity contribution in [1.82, 2.24) is 10.3 Å². The fourth-order valence-corrected chi connectivity index (χ4v) is 3.37. The SMILES string of the molecule is NC(=O)[C@@H]1CCC[C@H]1NC(=O)C1=NN(Cc2ccccc2)C(=O)CC1. The highest BCUT2D eigenvalue weighted by molar-refractivity contribution is 6.39. The van der Waals surface area contributed by atoms with E-state index in [4.69, 9.17) is 5.73 Å². The Bertz CT molecular complexity index is 702. The molecule has 132 valence electrons. The molecule has 1 fully saturated rings. The third-order valence-corrected chi connectivity index (χ3v) is 4.74. The summed E-state index contributed by atoms with van der Waals surface area (Å²) >= 11 is 0. The Hall–Kier alpha value is -2.70. The summed E-state index contributed by atoms with van der Waals surface area (Å²) in [5.41, 5.74) is 6.67. The molecule has 0 bridgehead atoms. The van der Waals surface area contributed by atoms with Gasteiger partial charge in [0.1, 0.15) is 5.71 Å². The second kappa shape index (κ2) is 7.46. The monoisotopic (exact) mass is 342 g/mol. The summed E-state index contributed by atoms with van der Waals surface area (Å²) in [4.78, 5) is 36.0. The van der Waals surface area contributed by atoms with Gasteiger partial charge in [0.15, 0.2) is 0 Å². The van der Waals surface area contributed by atoms with Crippen LogP contribution in [0.3, 0.4) is 0 Å². The Kier molecular flexibility index (Phi) is 5.11. The molecule has 0 saturated heterocycles. The molecule has 2 aliphatic rings. The first-order valence-corrected chi connectivity index (χ1v) is 8.56. The molecule has 0 radical (unpaired) electrons. The number of primary amides is 1. The standard InChI is InChI=1S/C18H22N4O3/c19-17(24)13-7-4-8-14(13)20-18(25)15-9-10-16(23)22(21-15)11-12-5-2-1-3-6-12/h1-3,5-6,13-14H,4,7-11H2,(H2,19,24)(H,20,25)/t13-,14-/m1/s1. The molecule has 1 aliphatic carbocycles. The van der Waals surface area contributed by atoms with Crippen molar-refractivity contribution in [2.45, 2.75) is 44.7 Å². The number of nitrogens with zero attached hydrogens (tertiary/aromatic N) is 2. The number of hydrazone groups is 1. The lowest BCUT2D eigenvalue weighted by Gasteiger charge is -2.24. The largest absolute Gasteiger partial charge is 0.369 e. The van der Waals surface area contributed by atoms with Gasteiger partial charge in [0, 0.05) is 18.9 Å². The average Bonchev–Trinajstić information content (AvgIpc) is 3.06. The van der Waals surface area contributed by atoms with Crippen LogP contribution in [-0.4, -0.2) is 34.5 Å². The third kappa shape index (κ3) is 4.04. The van der Waals surface area contributed by atoms with Crippen LogP contribution in [0.4, 0.5) is 0 Å². The lowest BCUT2D eigenvalue weighted by molar-refractivity contribution is -0.132. The van der Waals surface area contributed by atoms with Crippen LogP contribution in [0.15, 0.2) is 35.4 Å². The van der Waals surface area contributed by atoms with Crippen molar-refractivity contribution < 1.29 is 14.4 Å². The maximum absolute atomic E-state index is 12.5. The molecule has 1 aromatic carbocycles. The minimum absolute atomic E-state index is 0.101. The molecule has 25 heavy (non-hydrogen) atoms. The number of nitrogens with one attached hydrogen (secondary N) is 1. The molecule has 0 unspecified atom stereocenters. The molecule has 0 spiro atoms. The van der Waals surface area contributed by atoms with Crippen LogP contribution in [0.25, 0.3) is 0 Å². The van der Waals surface area contributed by atoms with E-state index in [-0.39, 0.29) is 36.1 Å². The first-order chi connectivity index (χ1) is 12.0. The smallest absolute Gasteiger partial charge is 0.267 e. The molecule has 1 heterocycles. The summed E-state index contributed by atoms with van der Waals surface area (Å²) < 4.78 is 0. The number of hydrogen-bond donors (Lipinski definition) is 2. The Labute approximate surface area is 146 Å². The van der Waals surface area contributed by atoms with E-state index < -0.39 is 0 Å². The van der Waals surface area contributed by atoms with E-state index in [1.807, 2.05) is 30.3 Å². The molecule has 2 atom stereocenters. The number of carbonyl (C=O) groups excluding carboxylic acids is 3. The zero-order chi connectivity index (χ0) is 17.8. The van der Waals surface area contributed by atoms with Crippen molar-refractivity contribution in [3.05, 3.63) is 35.9 Å². The number of nitrogens with two attached hydrogens (primary N) is 1. The van der Waals surface area contributed by atoms with Gasteiger partial charge in [0.25, 0.3) is 5.91 Å². The minimum Gasteiger partial charge on any atom is -0.369 e. The van der Waals surface area contributed by atoms with Crippen LogP contribution < -0.4 is 11.1 Å². The molecular formula is C18H22N4O3. The predicted octanol–water partition coefficient (Wildman–Crippen LogP) is 0.935. The molecular weight excluding hydrogens is 320 g/mol. The van der Waals surface area contributed by atoms with Gasteiger partial charge in [-0.25, -0.2) is 5.01 Å². The van der Waals surface area contributed by atoms with E-state index in [2.05, 4.69) is 10.4 Å². The quantitative estimate of drug-likeness (QED) is 0.832. The van der Waals surface area contributed by atoms with Crippen LogP contribution in [-0.2, 0) is 20.9 Å². The summed E-state index contributed by atoms with van der Waals surface area (Å²) in [6, 6.07) is 9.27. The Balaban J connectivity index is 1.68. The van der Waals surface area contributed by atoms with Crippen LogP contribution in [0.5, 0.6) is 0 Å². The second-order valence-electron chi connectivity index (χ2n) is 6.50. The molecule has 7 heteroatoms. The van der Waals surface area contributed by atoms with Crippen LogP contribution >= 0.6 is 0 Å². The molecule has 1 aromatic rings. The van der Waals surface area contributed by atoms with E-state index in [1.54, 1.807) is 0 Å². The Morgan fingerprint density at radius 2 is 1.96 bits per heavy atom. The normalized spacial score (nSPS) is 23.3. The summed E-state index contributed by atoms with van der Waals surface area (Å²) in [7, 11) is 0. The van der Waals surface area contributed by atoms with E-state index in [1.165, 1.54) is 5.01 Å². The highest BCUT2D eigenvalue weighted by Crippen LogP contribution is 2.25. The van der Waals surface area contributed by atoms with Crippen LogP contribution in [0.1, 0.15) is 37.7 Å². The van der Waals surface area contributed by atoms with Crippen molar-refractivity contribution in [2.24, 2.45) is 16.8 Å². The van der Waals surface area contributed by atoms with Crippen molar-refractivity contribution in [2.75, 3.05) is 0 Å². The highest BCUT2D eigenvalue weighted by atomic mass is 16.2. The van der Waals surface area contributed by atoms with Crippen molar-refractivity contribution in [3.8, 4) is 0 Å². The summed E-state index contributed by atoms with van der Waals surface area (Å²) in [6.45, 7) is 0.337. The molecule has 3 N–H and O–H groups in total. The van der Waals surface area contributed by atoms with Crippen LogP contribution in [0, 0.1) is 5.92 Å². The average molecular weight is 342 g/mol. The maximum atomic E-state index is 12.5. The topological polar surface area (TPSA) is 105 Å². The number of hydrogen-bond acceptors (Lipinski definition) is 4. The first-order valence-electron chi connectivity index (χ1n) is 8.56. The molecule has 1 saturated carbocycles. The summed E-state index contributed by atoms with van der Waals surface area (Å²) in [6.07, 6.45) is 2.86. The van der Waals surface area contributed by atoms with E-state index in [0.29, 0.717) is 25.1 Å². The number of amides is 3. The van der Waals surface area contributed by atoms with Gasteiger partial charge in [-0.2, -0.15) is 5.10 Å². The Morgan fingerprint density at radius 3 is 2.68 bits per heavy atom. The fourth-order valence-electron chi connectivity index (χ4n) is 3.37. The second-order valence-corrected chi connectivity index (χ2v) is 6.50. The summed E-state index contributed by atoms with van der Waals surface area (Å²) in [5, 5.41) is 8.45. The zero-order valence-corrected chi connectivity index (χ0v) is 14.0. The fraction of sp³-hybridized carbons (Fsp3) is 0.444. The third-order valence-electron chi connectivity index (χ3n) is 4.74. The van der Waals surface area contributed by atoms with Gasteiger partial charge in [-0.15, -0.1) is 0 Å². The molecule has 3 rings (SSSR count). The molecule has 0 aromatic heterocycles. The Morgan fingerprint density at radius 1 is 1.20 bits per heavy atom.